The number of aliphatic imine (C=N–C) groups is 1. The van der Waals surface area contributed by atoms with Crippen LogP contribution < -0.4 is 0 Å². The zero-order valence-electron chi connectivity index (χ0n) is 9.67. The van der Waals surface area contributed by atoms with Gasteiger partial charge in [-0.1, -0.05) is 23.7 Å². The number of thioether (sulfide) groups is 1. The van der Waals surface area contributed by atoms with Gasteiger partial charge in [-0.3, -0.25) is 9.79 Å². The lowest BCUT2D eigenvalue weighted by molar-refractivity contribution is 0.0986. The number of hydrogen-bond donors (Lipinski definition) is 0. The van der Waals surface area contributed by atoms with E-state index >= 15 is 0 Å². The third-order valence-electron chi connectivity index (χ3n) is 3.28. The van der Waals surface area contributed by atoms with Gasteiger partial charge in [-0.2, -0.15) is 0 Å². The molecule has 0 aliphatic carbocycles. The Kier molecular flexibility index (Phi) is 3.27. The van der Waals surface area contributed by atoms with E-state index in [1.165, 1.54) is 4.91 Å². The fourth-order valence-electron chi connectivity index (χ4n) is 2.33. The molecule has 0 spiro atoms. The molecule has 1 aromatic rings. The van der Waals surface area contributed by atoms with Crippen LogP contribution in [-0.4, -0.2) is 23.8 Å². The Morgan fingerprint density at radius 2 is 2.22 bits per heavy atom. The minimum atomic E-state index is -0.0113. The largest absolute Gasteiger partial charge is 0.293 e. The lowest BCUT2D eigenvalue weighted by atomic mass is 9.97. The van der Waals surface area contributed by atoms with E-state index in [0.29, 0.717) is 16.5 Å². The number of benzene rings is 1. The van der Waals surface area contributed by atoms with Crippen molar-refractivity contribution in [1.29, 1.82) is 0 Å². The lowest BCUT2D eigenvalue weighted by Crippen LogP contribution is -2.16. The van der Waals surface area contributed by atoms with Crippen molar-refractivity contribution in [1.82, 2.24) is 0 Å². The van der Waals surface area contributed by atoms with Crippen LogP contribution in [0.25, 0.3) is 0 Å². The number of carbonyl (C=O) groups excluding carboxylic acids is 1. The number of allylic oxidation sites excluding steroid dienone is 1. The molecule has 2 atom stereocenters. The zero-order chi connectivity index (χ0) is 12.5. The molecule has 2 aliphatic heterocycles. The van der Waals surface area contributed by atoms with Crippen LogP contribution in [0.3, 0.4) is 0 Å². The fourth-order valence-corrected chi connectivity index (χ4v) is 3.95. The van der Waals surface area contributed by atoms with Crippen LogP contribution in [0.5, 0.6) is 0 Å². The molecule has 1 saturated heterocycles. The summed E-state index contributed by atoms with van der Waals surface area (Å²) in [5, 5.41) is 0.533. The van der Waals surface area contributed by atoms with Crippen LogP contribution in [-0.2, 0) is 0 Å². The lowest BCUT2D eigenvalue weighted by Gasteiger charge is -2.09. The monoisotopic (exact) mass is 277 g/mol. The number of hydrogen-bond acceptors (Lipinski definition) is 3. The Labute approximate surface area is 115 Å². The standard InChI is InChI=1S/C14H12ClNOS/c15-11-4-2-1-3-10(11)14(17)13-7-9-8-16-6-5-12(9)18-13/h1-6,9,13H,7-8H2. The van der Waals surface area contributed by atoms with E-state index in [0.717, 1.165) is 13.0 Å². The van der Waals surface area contributed by atoms with Gasteiger partial charge < -0.3 is 0 Å². The summed E-state index contributed by atoms with van der Waals surface area (Å²) in [5.74, 6) is 0.567. The summed E-state index contributed by atoms with van der Waals surface area (Å²) in [6, 6.07) is 7.27. The minimum Gasteiger partial charge on any atom is -0.293 e. The fraction of sp³-hybridized carbons (Fsp3) is 0.286. The van der Waals surface area contributed by atoms with Gasteiger partial charge in [0.15, 0.2) is 5.78 Å². The molecule has 92 valence electrons. The highest BCUT2D eigenvalue weighted by molar-refractivity contribution is 8.04. The van der Waals surface area contributed by atoms with Gasteiger partial charge in [0, 0.05) is 24.2 Å². The van der Waals surface area contributed by atoms with E-state index < -0.39 is 0 Å². The zero-order valence-corrected chi connectivity index (χ0v) is 11.2. The second kappa shape index (κ2) is 4.90. The summed E-state index contributed by atoms with van der Waals surface area (Å²) < 4.78 is 0. The van der Waals surface area contributed by atoms with Crippen molar-refractivity contribution in [2.24, 2.45) is 10.9 Å². The molecule has 2 heterocycles. The molecule has 0 aromatic heterocycles. The van der Waals surface area contributed by atoms with Crippen LogP contribution in [0, 0.1) is 5.92 Å². The predicted octanol–water partition coefficient (Wildman–Crippen LogP) is 3.61. The van der Waals surface area contributed by atoms with E-state index in [-0.39, 0.29) is 11.0 Å². The molecule has 2 aliphatic rings. The Morgan fingerprint density at radius 1 is 1.39 bits per heavy atom. The van der Waals surface area contributed by atoms with E-state index in [1.54, 1.807) is 23.9 Å². The van der Waals surface area contributed by atoms with Crippen molar-refractivity contribution >= 4 is 35.4 Å². The number of halogens is 1. The maximum absolute atomic E-state index is 12.4. The summed E-state index contributed by atoms with van der Waals surface area (Å²) in [5.41, 5.74) is 0.636. The van der Waals surface area contributed by atoms with Crippen molar-refractivity contribution in [3.05, 3.63) is 45.8 Å². The number of carbonyl (C=O) groups is 1. The number of dihydropyridines is 1. The van der Waals surface area contributed by atoms with Crippen molar-refractivity contribution in [3.63, 3.8) is 0 Å². The SMILES string of the molecule is O=C(c1ccccc1Cl)C1CC2CN=CC=C2S1. The Hall–Kier alpha value is -1.06. The molecule has 2 unspecified atom stereocenters. The van der Waals surface area contributed by atoms with E-state index in [9.17, 15) is 4.79 Å². The molecule has 0 saturated carbocycles. The van der Waals surface area contributed by atoms with Crippen LogP contribution in [0.1, 0.15) is 16.8 Å². The highest BCUT2D eigenvalue weighted by atomic mass is 35.5. The van der Waals surface area contributed by atoms with Crippen molar-refractivity contribution in [2.75, 3.05) is 6.54 Å². The summed E-state index contributed by atoms with van der Waals surface area (Å²) in [6.45, 7) is 0.811. The topological polar surface area (TPSA) is 29.4 Å². The Morgan fingerprint density at radius 3 is 3.00 bits per heavy atom. The number of Topliss-reactive ketones (excluding diaryl/α,β-unsaturated/α-hetero) is 1. The Bertz CT molecular complexity index is 552. The van der Waals surface area contributed by atoms with Gasteiger partial charge in [0.1, 0.15) is 0 Å². The van der Waals surface area contributed by atoms with Gasteiger partial charge in [0.2, 0.25) is 0 Å². The third-order valence-corrected chi connectivity index (χ3v) is 5.04. The van der Waals surface area contributed by atoms with Crippen molar-refractivity contribution in [3.8, 4) is 0 Å². The van der Waals surface area contributed by atoms with E-state index in [2.05, 4.69) is 4.99 Å². The number of fused-ring (bicyclic) bond motifs is 1. The van der Waals surface area contributed by atoms with E-state index in [4.69, 9.17) is 11.6 Å². The highest BCUT2D eigenvalue weighted by Crippen LogP contribution is 2.44. The van der Waals surface area contributed by atoms with Crippen LogP contribution in [0.2, 0.25) is 5.02 Å². The van der Waals surface area contributed by atoms with Gasteiger partial charge in [-0.15, -0.1) is 11.8 Å². The first kappa shape index (κ1) is 12.0. The normalized spacial score (nSPS) is 25.7. The molecule has 18 heavy (non-hydrogen) atoms. The summed E-state index contributed by atoms with van der Waals surface area (Å²) >= 11 is 7.75. The molecule has 2 nitrogen and oxygen atoms in total. The summed E-state index contributed by atoms with van der Waals surface area (Å²) in [4.78, 5) is 18.0. The molecule has 0 N–H and O–H groups in total. The van der Waals surface area contributed by atoms with Crippen molar-refractivity contribution < 1.29 is 4.79 Å². The third kappa shape index (κ3) is 2.13. The van der Waals surface area contributed by atoms with Crippen molar-refractivity contribution in [2.45, 2.75) is 11.7 Å². The van der Waals surface area contributed by atoms with Crippen LogP contribution in [0.4, 0.5) is 0 Å². The average Bonchev–Trinajstić information content (AvgIpc) is 2.82. The maximum Gasteiger partial charge on any atom is 0.177 e. The molecular weight excluding hydrogens is 266 g/mol. The first-order chi connectivity index (χ1) is 8.75. The molecule has 0 radical (unpaired) electrons. The minimum absolute atomic E-state index is 0.0113. The van der Waals surface area contributed by atoms with Gasteiger partial charge in [0.05, 0.1) is 10.3 Å². The molecule has 3 rings (SSSR count). The van der Waals surface area contributed by atoms with Gasteiger partial charge in [-0.05, 0) is 29.5 Å². The molecule has 1 fully saturated rings. The average molecular weight is 278 g/mol. The van der Waals surface area contributed by atoms with Crippen LogP contribution >= 0.6 is 23.4 Å². The molecule has 0 bridgehead atoms. The number of ketones is 1. The second-order valence-electron chi connectivity index (χ2n) is 4.47. The molecule has 0 amide bonds. The first-order valence-electron chi connectivity index (χ1n) is 5.91. The smallest absolute Gasteiger partial charge is 0.177 e. The quantitative estimate of drug-likeness (QED) is 0.773. The second-order valence-corrected chi connectivity index (χ2v) is 6.15. The molecule has 4 heteroatoms. The number of rotatable bonds is 2. The van der Waals surface area contributed by atoms with E-state index in [1.807, 2.05) is 24.4 Å². The van der Waals surface area contributed by atoms with Crippen LogP contribution in [0.15, 0.2) is 40.2 Å². The molecule has 1 aromatic carbocycles. The Balaban J connectivity index is 1.82. The van der Waals surface area contributed by atoms with Gasteiger partial charge in [0.25, 0.3) is 0 Å². The first-order valence-corrected chi connectivity index (χ1v) is 7.17. The predicted molar refractivity (Wildman–Crippen MR) is 76.7 cm³/mol. The number of nitrogens with zero attached hydrogens (tertiary/aromatic N) is 1. The highest BCUT2D eigenvalue weighted by Gasteiger charge is 2.35. The summed E-state index contributed by atoms with van der Waals surface area (Å²) in [6.07, 6.45) is 4.73. The molecular formula is C14H12ClNOS. The summed E-state index contributed by atoms with van der Waals surface area (Å²) in [7, 11) is 0. The van der Waals surface area contributed by atoms with Gasteiger partial charge >= 0.3 is 0 Å². The maximum atomic E-state index is 12.4. The van der Waals surface area contributed by atoms with Gasteiger partial charge in [-0.25, -0.2) is 0 Å².